The molecule has 1 aliphatic rings. The second-order valence-corrected chi connectivity index (χ2v) is 7.12. The van der Waals surface area contributed by atoms with Crippen LogP contribution in [0.2, 0.25) is 0 Å². The summed E-state index contributed by atoms with van der Waals surface area (Å²) in [4.78, 5) is 13.3. The zero-order valence-electron chi connectivity index (χ0n) is 14.4. The molecule has 2 aromatic carbocycles. The molecular formula is C20H21FN2O2S. The number of hydrogen-bond donors (Lipinski definition) is 1. The molecule has 1 amide bonds. The van der Waals surface area contributed by atoms with Gasteiger partial charge >= 0.3 is 0 Å². The van der Waals surface area contributed by atoms with Crippen LogP contribution in [-0.4, -0.2) is 30.1 Å². The SMILES string of the molecule is O=C(N/N=C(/CCSc1ccccc1)c1ccc(F)cc1)C1CCCO1. The Labute approximate surface area is 156 Å². The van der Waals surface area contributed by atoms with E-state index in [1.54, 1.807) is 23.9 Å². The minimum Gasteiger partial charge on any atom is -0.368 e. The Hall–Kier alpha value is -2.18. The number of halogens is 1. The smallest absolute Gasteiger partial charge is 0.269 e. The summed E-state index contributed by atoms with van der Waals surface area (Å²) >= 11 is 1.71. The van der Waals surface area contributed by atoms with Crippen LogP contribution in [0.1, 0.15) is 24.8 Å². The van der Waals surface area contributed by atoms with E-state index < -0.39 is 6.10 Å². The monoisotopic (exact) mass is 372 g/mol. The largest absolute Gasteiger partial charge is 0.368 e. The molecule has 1 N–H and O–H groups in total. The van der Waals surface area contributed by atoms with Crippen LogP contribution in [0.4, 0.5) is 4.39 Å². The molecule has 26 heavy (non-hydrogen) atoms. The number of hydrazone groups is 1. The van der Waals surface area contributed by atoms with Crippen LogP contribution in [0.3, 0.4) is 0 Å². The molecule has 2 aromatic rings. The van der Waals surface area contributed by atoms with Crippen LogP contribution < -0.4 is 5.43 Å². The van der Waals surface area contributed by atoms with E-state index in [-0.39, 0.29) is 11.7 Å². The van der Waals surface area contributed by atoms with E-state index in [0.29, 0.717) is 13.0 Å². The van der Waals surface area contributed by atoms with Crippen LogP contribution in [0.15, 0.2) is 64.6 Å². The summed E-state index contributed by atoms with van der Waals surface area (Å²) < 4.78 is 18.6. The highest BCUT2D eigenvalue weighted by Crippen LogP contribution is 2.19. The molecule has 0 aliphatic carbocycles. The highest BCUT2D eigenvalue weighted by molar-refractivity contribution is 7.99. The second-order valence-electron chi connectivity index (χ2n) is 5.95. The Balaban J connectivity index is 1.65. The van der Waals surface area contributed by atoms with Crippen molar-refractivity contribution in [2.24, 2.45) is 5.10 Å². The summed E-state index contributed by atoms with van der Waals surface area (Å²) in [6.45, 7) is 0.611. The van der Waals surface area contributed by atoms with E-state index in [9.17, 15) is 9.18 Å². The van der Waals surface area contributed by atoms with Gasteiger partial charge in [-0.25, -0.2) is 9.82 Å². The molecule has 3 rings (SSSR count). The molecule has 1 fully saturated rings. The van der Waals surface area contributed by atoms with Crippen LogP contribution >= 0.6 is 11.8 Å². The number of hydrogen-bond acceptors (Lipinski definition) is 4. The summed E-state index contributed by atoms with van der Waals surface area (Å²) in [6, 6.07) is 16.2. The van der Waals surface area contributed by atoms with Crippen molar-refractivity contribution in [2.75, 3.05) is 12.4 Å². The van der Waals surface area contributed by atoms with E-state index >= 15 is 0 Å². The van der Waals surface area contributed by atoms with E-state index in [1.165, 1.54) is 17.0 Å². The van der Waals surface area contributed by atoms with Gasteiger partial charge in [-0.3, -0.25) is 4.79 Å². The minimum absolute atomic E-state index is 0.224. The third-order valence-electron chi connectivity index (χ3n) is 4.05. The van der Waals surface area contributed by atoms with Gasteiger partial charge in [-0.1, -0.05) is 30.3 Å². The highest BCUT2D eigenvalue weighted by atomic mass is 32.2. The lowest BCUT2D eigenvalue weighted by molar-refractivity contribution is -0.130. The zero-order valence-corrected chi connectivity index (χ0v) is 15.2. The van der Waals surface area contributed by atoms with Gasteiger partial charge in [0.2, 0.25) is 0 Å². The van der Waals surface area contributed by atoms with Crippen LogP contribution in [0, 0.1) is 5.82 Å². The molecule has 136 valence electrons. The standard InChI is InChI=1S/C20H21FN2O2S/c21-16-10-8-15(9-11-16)18(12-14-26-17-5-2-1-3-6-17)22-23-20(24)19-7-4-13-25-19/h1-3,5-6,8-11,19H,4,7,12-14H2,(H,23,24)/b22-18-. The maximum absolute atomic E-state index is 13.2. The van der Waals surface area contributed by atoms with Gasteiger partial charge in [0, 0.05) is 23.7 Å². The van der Waals surface area contributed by atoms with Gasteiger partial charge in [0.05, 0.1) is 5.71 Å². The number of carbonyl (C=O) groups excluding carboxylic acids is 1. The summed E-state index contributed by atoms with van der Waals surface area (Å²) in [5.41, 5.74) is 4.13. The first-order chi connectivity index (χ1) is 12.7. The van der Waals surface area contributed by atoms with Crippen molar-refractivity contribution in [3.8, 4) is 0 Å². The Bertz CT molecular complexity index is 744. The first kappa shape index (κ1) is 18.6. The first-order valence-corrected chi connectivity index (χ1v) is 9.63. The fourth-order valence-corrected chi connectivity index (χ4v) is 3.55. The fraction of sp³-hybridized carbons (Fsp3) is 0.300. The molecule has 1 aliphatic heterocycles. The number of carbonyl (C=O) groups is 1. The molecule has 0 bridgehead atoms. The summed E-state index contributed by atoms with van der Waals surface area (Å²) in [6.07, 6.45) is 1.83. The molecule has 0 radical (unpaired) electrons. The second kappa shape index (κ2) is 9.50. The van der Waals surface area contributed by atoms with Crippen LogP contribution in [-0.2, 0) is 9.53 Å². The van der Waals surface area contributed by atoms with Gasteiger partial charge in [0.25, 0.3) is 5.91 Å². The Morgan fingerprint density at radius 2 is 1.96 bits per heavy atom. The maximum atomic E-state index is 13.2. The molecular weight excluding hydrogens is 351 g/mol. The normalized spacial score (nSPS) is 17.3. The molecule has 0 spiro atoms. The number of thioether (sulfide) groups is 1. The van der Waals surface area contributed by atoms with E-state index in [4.69, 9.17) is 4.74 Å². The molecule has 0 aromatic heterocycles. The third kappa shape index (κ3) is 5.41. The molecule has 0 saturated carbocycles. The predicted octanol–water partition coefficient (Wildman–Crippen LogP) is 4.01. The van der Waals surface area contributed by atoms with Gasteiger partial charge in [-0.05, 0) is 42.7 Å². The Morgan fingerprint density at radius 1 is 1.19 bits per heavy atom. The van der Waals surface area contributed by atoms with Gasteiger partial charge in [0.15, 0.2) is 0 Å². The van der Waals surface area contributed by atoms with Crippen LogP contribution in [0.25, 0.3) is 0 Å². The average Bonchev–Trinajstić information content (AvgIpc) is 3.21. The number of rotatable bonds is 7. The topological polar surface area (TPSA) is 50.7 Å². The minimum atomic E-state index is -0.424. The zero-order chi connectivity index (χ0) is 18.2. The first-order valence-electron chi connectivity index (χ1n) is 8.64. The summed E-state index contributed by atoms with van der Waals surface area (Å²) in [5, 5.41) is 4.30. The molecule has 1 unspecified atom stereocenters. The number of nitrogens with one attached hydrogen (secondary N) is 1. The third-order valence-corrected chi connectivity index (χ3v) is 5.07. The number of nitrogens with zero attached hydrogens (tertiary/aromatic N) is 1. The average molecular weight is 372 g/mol. The number of benzene rings is 2. The van der Waals surface area contributed by atoms with Crippen LogP contribution in [0.5, 0.6) is 0 Å². The van der Waals surface area contributed by atoms with Gasteiger partial charge in [0.1, 0.15) is 11.9 Å². The summed E-state index contributed by atoms with van der Waals surface area (Å²) in [7, 11) is 0. The van der Waals surface area contributed by atoms with E-state index in [2.05, 4.69) is 22.7 Å². The fourth-order valence-electron chi connectivity index (χ4n) is 2.67. The lowest BCUT2D eigenvalue weighted by Gasteiger charge is -2.10. The lowest BCUT2D eigenvalue weighted by atomic mass is 10.1. The van der Waals surface area contributed by atoms with Gasteiger partial charge in [-0.2, -0.15) is 5.10 Å². The molecule has 1 saturated heterocycles. The molecule has 6 heteroatoms. The predicted molar refractivity (Wildman–Crippen MR) is 102 cm³/mol. The van der Waals surface area contributed by atoms with Crippen molar-refractivity contribution in [2.45, 2.75) is 30.3 Å². The molecule has 1 atom stereocenters. The Morgan fingerprint density at radius 3 is 2.65 bits per heavy atom. The van der Waals surface area contributed by atoms with Crippen molar-refractivity contribution >= 4 is 23.4 Å². The van der Waals surface area contributed by atoms with Crippen molar-refractivity contribution in [1.29, 1.82) is 0 Å². The quantitative estimate of drug-likeness (QED) is 0.454. The van der Waals surface area contributed by atoms with Gasteiger partial charge in [-0.15, -0.1) is 11.8 Å². The van der Waals surface area contributed by atoms with Crippen molar-refractivity contribution in [3.05, 3.63) is 66.0 Å². The number of ether oxygens (including phenoxy) is 1. The summed E-state index contributed by atoms with van der Waals surface area (Å²) in [5.74, 6) is 0.281. The molecule has 4 nitrogen and oxygen atoms in total. The van der Waals surface area contributed by atoms with Crippen molar-refractivity contribution in [1.82, 2.24) is 5.43 Å². The number of amides is 1. The maximum Gasteiger partial charge on any atom is 0.269 e. The van der Waals surface area contributed by atoms with E-state index in [1.807, 2.05) is 18.2 Å². The van der Waals surface area contributed by atoms with Crippen molar-refractivity contribution in [3.63, 3.8) is 0 Å². The van der Waals surface area contributed by atoms with Crippen molar-refractivity contribution < 1.29 is 13.9 Å². The van der Waals surface area contributed by atoms with E-state index in [0.717, 1.165) is 29.9 Å². The Kier molecular flexibility index (Phi) is 6.80. The lowest BCUT2D eigenvalue weighted by Crippen LogP contribution is -2.31. The highest BCUT2D eigenvalue weighted by Gasteiger charge is 2.23. The molecule has 1 heterocycles. The van der Waals surface area contributed by atoms with Gasteiger partial charge < -0.3 is 4.74 Å².